The number of ether oxygens (including phenoxy) is 1. The van der Waals surface area contributed by atoms with E-state index in [1.165, 1.54) is 5.69 Å². The normalized spacial score (nSPS) is 11.4. The van der Waals surface area contributed by atoms with Gasteiger partial charge in [-0.05, 0) is 47.5 Å². The molecule has 0 bridgehead atoms. The van der Waals surface area contributed by atoms with Gasteiger partial charge in [-0.3, -0.25) is 14.7 Å². The molecule has 3 aromatic carbocycles. The van der Waals surface area contributed by atoms with E-state index in [1.807, 2.05) is 59.2 Å². The van der Waals surface area contributed by atoms with Crippen molar-refractivity contribution in [2.75, 3.05) is 28.3 Å². The first-order valence-corrected chi connectivity index (χ1v) is 13.9. The molecule has 0 aliphatic carbocycles. The topological polar surface area (TPSA) is 171 Å². The highest BCUT2D eigenvalue weighted by Gasteiger charge is 2.38. The third-order valence-corrected chi connectivity index (χ3v) is 6.56. The van der Waals surface area contributed by atoms with Crippen molar-refractivity contribution in [3.8, 4) is 5.75 Å². The molecule has 0 spiro atoms. The number of alkyl halides is 6. The number of nitrogens with one attached hydrogen (secondary N) is 2. The molecule has 1 heterocycles. The number of fused-ring (bicyclic) bond motifs is 1. The Hall–Kier alpha value is -5.58. The van der Waals surface area contributed by atoms with Crippen LogP contribution >= 0.6 is 0 Å². The van der Waals surface area contributed by atoms with E-state index < -0.39 is 24.3 Å². The molecule has 4 aromatic rings. The van der Waals surface area contributed by atoms with Gasteiger partial charge >= 0.3 is 18.3 Å². The number of aromatic nitrogens is 1. The second kappa shape index (κ2) is 16.0. The molecular weight excluding hydrogens is 664 g/mol. The maximum absolute atomic E-state index is 13.3. The largest absolute Gasteiger partial charge is 0.542 e. The molecule has 1 amide bonds. The minimum atomic E-state index is -5.19. The number of nitrogens with zero attached hydrogens (tertiary/aromatic N) is 2. The van der Waals surface area contributed by atoms with Gasteiger partial charge in [0.2, 0.25) is 0 Å². The van der Waals surface area contributed by atoms with Gasteiger partial charge in [0, 0.05) is 30.1 Å². The molecule has 0 atom stereocenters. The summed E-state index contributed by atoms with van der Waals surface area (Å²) >= 11 is 0. The summed E-state index contributed by atoms with van der Waals surface area (Å²) < 4.78 is 71.4. The monoisotopic (exact) mass is 697 g/mol. The lowest BCUT2D eigenvalue weighted by Crippen LogP contribution is -2.37. The molecule has 0 fully saturated rings. The summed E-state index contributed by atoms with van der Waals surface area (Å²) in [5.74, 6) is -5.18. The molecule has 0 radical (unpaired) electrons. The highest BCUT2D eigenvalue weighted by molar-refractivity contribution is 5.99. The Morgan fingerprint density at radius 3 is 1.96 bits per heavy atom. The number of nitrogen functional groups attached to an aromatic ring is 1. The smallest absolute Gasteiger partial charge is 0.490 e. The first-order chi connectivity index (χ1) is 22.5. The Morgan fingerprint density at radius 2 is 1.49 bits per heavy atom. The van der Waals surface area contributed by atoms with Gasteiger partial charge in [0.15, 0.2) is 0 Å². The van der Waals surface area contributed by atoms with Gasteiger partial charge in [0.1, 0.15) is 28.9 Å². The van der Waals surface area contributed by atoms with Crippen molar-refractivity contribution in [1.29, 1.82) is 5.41 Å². The van der Waals surface area contributed by atoms with Crippen LogP contribution in [0.25, 0.3) is 10.9 Å². The summed E-state index contributed by atoms with van der Waals surface area (Å²) in [7, 11) is 7.99. The molecule has 11 nitrogen and oxygen atoms in total. The van der Waals surface area contributed by atoms with Crippen LogP contribution in [0.3, 0.4) is 0 Å². The third-order valence-electron chi connectivity index (χ3n) is 6.56. The number of aliphatic carboxylic acids is 2. The van der Waals surface area contributed by atoms with E-state index in [-0.39, 0.29) is 11.7 Å². The van der Waals surface area contributed by atoms with Crippen molar-refractivity contribution in [2.24, 2.45) is 5.73 Å². The average molecular weight is 698 g/mol. The number of nitrogens with two attached hydrogens (primary N) is 1. The number of carbonyl (C=O) groups excluding carboxylic acids is 2. The maximum atomic E-state index is 13.3. The lowest BCUT2D eigenvalue weighted by Gasteiger charge is -2.23. The first-order valence-electron chi connectivity index (χ1n) is 13.9. The van der Waals surface area contributed by atoms with Crippen LogP contribution in [0.4, 0.5) is 32.0 Å². The van der Waals surface area contributed by atoms with Crippen LogP contribution in [0.1, 0.15) is 27.2 Å². The fourth-order valence-electron chi connectivity index (χ4n) is 4.07. The van der Waals surface area contributed by atoms with Crippen LogP contribution in [-0.2, 0) is 22.7 Å². The number of amides is 1. The molecule has 0 saturated heterocycles. The van der Waals surface area contributed by atoms with Crippen LogP contribution in [-0.4, -0.2) is 74.0 Å². The van der Waals surface area contributed by atoms with E-state index >= 15 is 0 Å². The van der Waals surface area contributed by atoms with Crippen molar-refractivity contribution >= 4 is 40.3 Å². The molecule has 0 aliphatic rings. The number of halogens is 6. The maximum Gasteiger partial charge on any atom is 0.490 e. The first kappa shape index (κ1) is 39.6. The van der Waals surface area contributed by atoms with Gasteiger partial charge in [-0.1, -0.05) is 30.3 Å². The van der Waals surface area contributed by atoms with E-state index in [1.54, 1.807) is 13.2 Å². The molecule has 17 heteroatoms. The number of carboxylic acid groups (broad SMARTS) is 2. The number of hydrogen-bond donors (Lipinski definition) is 4. The molecule has 5 N–H and O–H groups in total. The number of quaternary nitrogens is 1. The van der Waals surface area contributed by atoms with Crippen LogP contribution in [0, 0.1) is 5.41 Å². The zero-order chi connectivity index (χ0) is 37.3. The molecule has 0 saturated carbocycles. The lowest BCUT2D eigenvalue weighted by atomic mass is 10.1. The second-order valence-electron chi connectivity index (χ2n) is 11.1. The number of carboxylic acids is 2. The van der Waals surface area contributed by atoms with E-state index in [4.69, 9.17) is 35.7 Å². The standard InChI is InChI=1S/C28H31N5O2.2C2HF3O2/c1-33(2,3)23-11-8-19(9-12-23)17-31-28(34)26-15-21-10-13-24(35-4)16-25(21)32(26)18-20-6-5-7-22(14-20)27(29)30;2*3-2(4,5)1(6)7/h5-16H,17-18H2,1-4H3,(H3-,29,30,31,34);2*(H,6,7). The fourth-order valence-corrected chi connectivity index (χ4v) is 4.07. The fraction of sp³-hybridized carbons (Fsp3) is 0.250. The molecule has 4 rings (SSSR count). The van der Waals surface area contributed by atoms with Crippen molar-refractivity contribution < 1.29 is 55.7 Å². The quantitative estimate of drug-likeness (QED) is 0.0932. The van der Waals surface area contributed by atoms with Crippen molar-refractivity contribution in [1.82, 2.24) is 14.4 Å². The predicted molar refractivity (Wildman–Crippen MR) is 167 cm³/mol. The molecular formula is C32H33F6N5O6. The van der Waals surface area contributed by atoms with Crippen LogP contribution in [0.15, 0.2) is 72.8 Å². The van der Waals surface area contributed by atoms with E-state index in [0.29, 0.717) is 24.3 Å². The van der Waals surface area contributed by atoms with Crippen LogP contribution in [0.5, 0.6) is 5.75 Å². The summed E-state index contributed by atoms with van der Waals surface area (Å²) in [5.41, 5.74) is 11.0. The van der Waals surface area contributed by atoms with E-state index in [2.05, 4.69) is 38.6 Å². The Bertz CT molecular complexity index is 1770. The molecule has 1 aromatic heterocycles. The third kappa shape index (κ3) is 11.9. The number of benzene rings is 3. The van der Waals surface area contributed by atoms with Gasteiger partial charge in [-0.15, -0.1) is 0 Å². The summed E-state index contributed by atoms with van der Waals surface area (Å²) in [6, 6.07) is 23.5. The predicted octanol–water partition coefficient (Wildman–Crippen LogP) is 4.04. The highest BCUT2D eigenvalue weighted by Crippen LogP contribution is 2.26. The minimum absolute atomic E-state index is 0.0140. The zero-order valence-corrected chi connectivity index (χ0v) is 26.6. The van der Waals surface area contributed by atoms with Crippen LogP contribution in [0.2, 0.25) is 0 Å². The van der Waals surface area contributed by atoms with Crippen molar-refractivity contribution in [3.63, 3.8) is 0 Å². The van der Waals surface area contributed by atoms with Crippen molar-refractivity contribution in [2.45, 2.75) is 25.4 Å². The Labute approximate surface area is 276 Å². The molecule has 0 aliphatic heterocycles. The Morgan fingerprint density at radius 1 is 0.918 bits per heavy atom. The van der Waals surface area contributed by atoms with Gasteiger partial charge in [-0.25, -0.2) is 4.79 Å². The van der Waals surface area contributed by atoms with E-state index in [0.717, 1.165) is 32.3 Å². The van der Waals surface area contributed by atoms with Crippen LogP contribution < -0.4 is 25.4 Å². The zero-order valence-electron chi connectivity index (χ0n) is 26.6. The summed E-state index contributed by atoms with van der Waals surface area (Å²) in [6.07, 6.45) is -10.3. The van der Waals surface area contributed by atoms with Gasteiger partial charge in [0.25, 0.3) is 5.91 Å². The number of carbonyl (C=O) groups is 3. The Kier molecular flexibility index (Phi) is 12.9. The number of rotatable bonds is 8. The molecule has 264 valence electrons. The van der Waals surface area contributed by atoms with Gasteiger partial charge in [-0.2, -0.15) is 26.3 Å². The highest BCUT2D eigenvalue weighted by atomic mass is 19.4. The van der Waals surface area contributed by atoms with Gasteiger partial charge < -0.3 is 35.4 Å². The number of amidine groups is 1. The molecule has 49 heavy (non-hydrogen) atoms. The Balaban J connectivity index is 0.000000500. The molecule has 0 unspecified atom stereocenters. The summed E-state index contributed by atoms with van der Waals surface area (Å²) in [6.45, 7) is 0.889. The SMILES string of the molecule is COc1ccc2cc(C(=O)NCc3ccc([N+](C)(C)C)cc3)n(Cc3cccc(C(=N)N)c3)c2c1.O=C(O)C(F)(F)F.O=C([O-])C(F)(F)F. The number of hydrogen-bond acceptors (Lipinski definition) is 6. The summed E-state index contributed by atoms with van der Waals surface area (Å²) in [5, 5.41) is 27.7. The summed E-state index contributed by atoms with van der Waals surface area (Å²) in [4.78, 5) is 31.0. The number of methoxy groups -OCH3 is 1. The lowest BCUT2D eigenvalue weighted by molar-refractivity contribution is -0.344. The minimum Gasteiger partial charge on any atom is -0.542 e. The van der Waals surface area contributed by atoms with Gasteiger partial charge in [0.05, 0.1) is 33.8 Å². The van der Waals surface area contributed by atoms with Crippen molar-refractivity contribution in [3.05, 3.63) is 95.2 Å². The van der Waals surface area contributed by atoms with E-state index in [9.17, 15) is 31.1 Å². The average Bonchev–Trinajstić information content (AvgIpc) is 3.36. The second-order valence-corrected chi connectivity index (χ2v) is 11.1.